The predicted octanol–water partition coefficient (Wildman–Crippen LogP) is 1.42. The molecule has 21 heavy (non-hydrogen) atoms. The van der Waals surface area contributed by atoms with Crippen molar-refractivity contribution in [3.8, 4) is 11.4 Å². The molecule has 2 aromatic rings. The Morgan fingerprint density at radius 3 is 2.57 bits per heavy atom. The Kier molecular flexibility index (Phi) is 5.05. The minimum atomic E-state index is -0.0740. The minimum absolute atomic E-state index is 0.0305. The van der Waals surface area contributed by atoms with Gasteiger partial charge in [-0.05, 0) is 26.0 Å². The van der Waals surface area contributed by atoms with Gasteiger partial charge in [0.25, 0.3) is 5.91 Å². The van der Waals surface area contributed by atoms with E-state index in [0.717, 1.165) is 17.9 Å². The summed E-state index contributed by atoms with van der Waals surface area (Å²) in [4.78, 5) is 13.9. The second kappa shape index (κ2) is 6.99. The van der Waals surface area contributed by atoms with Crippen molar-refractivity contribution in [2.75, 3.05) is 19.7 Å². The number of carbonyl (C=O) groups is 1. The molecule has 0 aliphatic rings. The second-order valence-corrected chi connectivity index (χ2v) is 4.63. The lowest BCUT2D eigenvalue weighted by molar-refractivity contribution is 0.0732. The fourth-order valence-corrected chi connectivity index (χ4v) is 2.18. The van der Waals surface area contributed by atoms with E-state index < -0.39 is 0 Å². The molecule has 1 N–H and O–H groups in total. The standard InChI is InChI=1S/C15H20N4O2/c1-3-18(9-10-20)15(21)13-7-5-12(6-8-13)14-17-16-11-19(14)4-2/h5-8,11,20H,3-4,9-10H2,1-2H3. The first-order valence-electron chi connectivity index (χ1n) is 7.09. The number of hydrogen-bond donors (Lipinski definition) is 1. The highest BCUT2D eigenvalue weighted by Crippen LogP contribution is 2.18. The van der Waals surface area contributed by atoms with Crippen LogP contribution in [0.3, 0.4) is 0 Å². The highest BCUT2D eigenvalue weighted by molar-refractivity contribution is 5.94. The zero-order chi connectivity index (χ0) is 15.2. The van der Waals surface area contributed by atoms with Crippen molar-refractivity contribution in [3.05, 3.63) is 36.2 Å². The Labute approximate surface area is 124 Å². The van der Waals surface area contributed by atoms with Crippen LogP contribution in [0.1, 0.15) is 24.2 Å². The maximum Gasteiger partial charge on any atom is 0.253 e. The first kappa shape index (κ1) is 15.2. The lowest BCUT2D eigenvalue weighted by atomic mass is 10.1. The monoisotopic (exact) mass is 288 g/mol. The van der Waals surface area contributed by atoms with Gasteiger partial charge in [-0.1, -0.05) is 12.1 Å². The fraction of sp³-hybridized carbons (Fsp3) is 0.400. The summed E-state index contributed by atoms with van der Waals surface area (Å²) < 4.78 is 1.95. The van der Waals surface area contributed by atoms with Gasteiger partial charge in [0.2, 0.25) is 0 Å². The third kappa shape index (κ3) is 3.28. The van der Waals surface area contributed by atoms with Crippen LogP contribution >= 0.6 is 0 Å². The van der Waals surface area contributed by atoms with Gasteiger partial charge in [0, 0.05) is 30.8 Å². The summed E-state index contributed by atoms with van der Waals surface area (Å²) in [6.45, 7) is 5.61. The molecule has 0 bridgehead atoms. The Morgan fingerprint density at radius 1 is 1.29 bits per heavy atom. The number of aryl methyl sites for hydroxylation is 1. The van der Waals surface area contributed by atoms with Crippen LogP contribution in [0.5, 0.6) is 0 Å². The van der Waals surface area contributed by atoms with Gasteiger partial charge in [-0.3, -0.25) is 4.79 Å². The van der Waals surface area contributed by atoms with E-state index >= 15 is 0 Å². The van der Waals surface area contributed by atoms with Crippen molar-refractivity contribution >= 4 is 5.91 Å². The Balaban J connectivity index is 2.21. The van der Waals surface area contributed by atoms with E-state index in [1.807, 2.05) is 30.5 Å². The Hall–Kier alpha value is -2.21. The van der Waals surface area contributed by atoms with E-state index in [2.05, 4.69) is 10.2 Å². The average Bonchev–Trinajstić information content (AvgIpc) is 3.00. The van der Waals surface area contributed by atoms with Crippen molar-refractivity contribution in [2.24, 2.45) is 0 Å². The van der Waals surface area contributed by atoms with Crippen molar-refractivity contribution in [3.63, 3.8) is 0 Å². The first-order valence-corrected chi connectivity index (χ1v) is 7.09. The molecule has 0 unspecified atom stereocenters. The molecule has 1 aromatic heterocycles. The molecule has 0 aliphatic carbocycles. The summed E-state index contributed by atoms with van der Waals surface area (Å²) in [5.41, 5.74) is 1.53. The van der Waals surface area contributed by atoms with Crippen LogP contribution in [0, 0.1) is 0 Å². The lowest BCUT2D eigenvalue weighted by Gasteiger charge is -2.19. The molecular formula is C15H20N4O2. The van der Waals surface area contributed by atoms with Crippen LogP contribution < -0.4 is 0 Å². The van der Waals surface area contributed by atoms with Gasteiger partial charge in [0.15, 0.2) is 5.82 Å². The number of hydrogen-bond acceptors (Lipinski definition) is 4. The maximum atomic E-state index is 12.3. The van der Waals surface area contributed by atoms with E-state index in [-0.39, 0.29) is 12.5 Å². The van der Waals surface area contributed by atoms with E-state index in [0.29, 0.717) is 18.7 Å². The number of aliphatic hydroxyl groups is 1. The molecule has 0 atom stereocenters. The second-order valence-electron chi connectivity index (χ2n) is 4.63. The SMILES string of the molecule is CCN(CCO)C(=O)c1ccc(-c2nncn2CC)cc1. The van der Waals surface area contributed by atoms with Gasteiger partial charge in [0.05, 0.1) is 6.61 Å². The number of nitrogens with zero attached hydrogens (tertiary/aromatic N) is 4. The molecule has 112 valence electrons. The smallest absolute Gasteiger partial charge is 0.253 e. The maximum absolute atomic E-state index is 12.3. The summed E-state index contributed by atoms with van der Waals surface area (Å²) in [6.07, 6.45) is 1.69. The Morgan fingerprint density at radius 2 is 2.00 bits per heavy atom. The number of rotatable bonds is 6. The highest BCUT2D eigenvalue weighted by atomic mass is 16.3. The van der Waals surface area contributed by atoms with Crippen molar-refractivity contribution in [1.82, 2.24) is 19.7 Å². The number of carbonyl (C=O) groups excluding carboxylic acids is 1. The third-order valence-corrected chi connectivity index (χ3v) is 3.39. The van der Waals surface area contributed by atoms with Gasteiger partial charge in [-0.25, -0.2) is 0 Å². The topological polar surface area (TPSA) is 71.2 Å². The average molecular weight is 288 g/mol. The van der Waals surface area contributed by atoms with E-state index in [4.69, 9.17) is 5.11 Å². The molecule has 0 aliphatic heterocycles. The fourth-order valence-electron chi connectivity index (χ4n) is 2.18. The van der Waals surface area contributed by atoms with Crippen LogP contribution in [-0.4, -0.2) is 50.4 Å². The molecule has 6 heteroatoms. The number of aliphatic hydroxyl groups excluding tert-OH is 1. The Bertz CT molecular complexity index is 592. The molecule has 0 spiro atoms. The molecule has 0 radical (unpaired) electrons. The van der Waals surface area contributed by atoms with E-state index in [1.165, 1.54) is 0 Å². The van der Waals surface area contributed by atoms with Gasteiger partial charge in [-0.2, -0.15) is 0 Å². The van der Waals surface area contributed by atoms with Crippen LogP contribution in [0.15, 0.2) is 30.6 Å². The highest BCUT2D eigenvalue weighted by Gasteiger charge is 2.14. The molecule has 0 saturated heterocycles. The zero-order valence-corrected chi connectivity index (χ0v) is 12.4. The van der Waals surface area contributed by atoms with Gasteiger partial charge in [-0.15, -0.1) is 10.2 Å². The number of aromatic nitrogens is 3. The van der Waals surface area contributed by atoms with Crippen LogP contribution in [0.4, 0.5) is 0 Å². The third-order valence-electron chi connectivity index (χ3n) is 3.39. The van der Waals surface area contributed by atoms with Crippen LogP contribution in [0.25, 0.3) is 11.4 Å². The molecular weight excluding hydrogens is 268 g/mol. The normalized spacial score (nSPS) is 10.6. The van der Waals surface area contributed by atoms with Gasteiger partial charge >= 0.3 is 0 Å². The largest absolute Gasteiger partial charge is 0.395 e. The summed E-state index contributed by atoms with van der Waals surface area (Å²) >= 11 is 0. The quantitative estimate of drug-likeness (QED) is 0.872. The number of amides is 1. The summed E-state index contributed by atoms with van der Waals surface area (Å²) in [6, 6.07) is 7.31. The van der Waals surface area contributed by atoms with E-state index in [1.54, 1.807) is 23.4 Å². The molecule has 0 saturated carbocycles. The minimum Gasteiger partial charge on any atom is -0.395 e. The number of likely N-dealkylation sites (N-methyl/N-ethyl adjacent to an activating group) is 1. The van der Waals surface area contributed by atoms with Crippen molar-refractivity contribution in [1.29, 1.82) is 0 Å². The summed E-state index contributed by atoms with van der Waals surface area (Å²) in [7, 11) is 0. The van der Waals surface area contributed by atoms with Crippen molar-refractivity contribution < 1.29 is 9.90 Å². The van der Waals surface area contributed by atoms with Gasteiger partial charge in [0.1, 0.15) is 6.33 Å². The van der Waals surface area contributed by atoms with Gasteiger partial charge < -0.3 is 14.6 Å². The summed E-state index contributed by atoms with van der Waals surface area (Å²) in [5.74, 6) is 0.717. The predicted molar refractivity (Wildman–Crippen MR) is 79.8 cm³/mol. The first-order chi connectivity index (χ1) is 10.2. The molecule has 1 aromatic carbocycles. The van der Waals surface area contributed by atoms with E-state index in [9.17, 15) is 4.79 Å². The molecule has 0 fully saturated rings. The molecule has 6 nitrogen and oxygen atoms in total. The zero-order valence-electron chi connectivity index (χ0n) is 12.4. The molecule has 1 heterocycles. The molecule has 2 rings (SSSR count). The summed E-state index contributed by atoms with van der Waals surface area (Å²) in [5, 5.41) is 17.0. The molecule has 1 amide bonds. The van der Waals surface area contributed by atoms with Crippen molar-refractivity contribution in [2.45, 2.75) is 20.4 Å². The van der Waals surface area contributed by atoms with Crippen LogP contribution in [-0.2, 0) is 6.54 Å². The lowest BCUT2D eigenvalue weighted by Crippen LogP contribution is -2.33. The van der Waals surface area contributed by atoms with Crippen LogP contribution in [0.2, 0.25) is 0 Å². The number of benzene rings is 1.